The fraction of sp³-hybridized carbons (Fsp3) is 0. The van der Waals surface area contributed by atoms with Crippen molar-refractivity contribution < 1.29 is 69.3 Å². The van der Waals surface area contributed by atoms with E-state index in [-0.39, 0.29) is 56.4 Å². The molecule has 0 saturated carbocycles. The van der Waals surface area contributed by atoms with Crippen LogP contribution in [0.15, 0.2) is 23.1 Å². The van der Waals surface area contributed by atoms with Crippen LogP contribution in [0.5, 0.6) is 0 Å². The molecule has 0 N–H and O–H groups in total. The number of rotatable bonds is 2. The molecule has 76 valence electrons. The van der Waals surface area contributed by atoms with Crippen LogP contribution in [0, 0.1) is 10.1 Å². The van der Waals surface area contributed by atoms with Gasteiger partial charge in [0.15, 0.2) is 0 Å². The van der Waals surface area contributed by atoms with Gasteiger partial charge in [0, 0.05) is 12.1 Å². The topological polar surface area (TPSA) is 100 Å². The Balaban J connectivity index is 0.00000196. The fourth-order valence-corrected chi connectivity index (χ4v) is 1.77. The molecule has 15 heavy (non-hydrogen) atoms. The third-order valence-corrected chi connectivity index (χ3v) is 2.71. The summed E-state index contributed by atoms with van der Waals surface area (Å²) in [5.41, 5.74) is -0.496. The van der Waals surface area contributed by atoms with Gasteiger partial charge in [-0.2, -0.15) is 0 Å². The summed E-state index contributed by atoms with van der Waals surface area (Å²) in [5.74, 6) is 0. The zero-order chi connectivity index (χ0) is 10.9. The molecule has 0 fully saturated rings. The van der Waals surface area contributed by atoms with Crippen molar-refractivity contribution in [2.24, 2.45) is 0 Å². The van der Waals surface area contributed by atoms with Crippen LogP contribution in [0.3, 0.4) is 0 Å². The van der Waals surface area contributed by atoms with Gasteiger partial charge in [-0.25, -0.2) is 8.42 Å². The van der Waals surface area contributed by atoms with E-state index in [0.29, 0.717) is 6.07 Å². The van der Waals surface area contributed by atoms with Crippen molar-refractivity contribution in [3.63, 3.8) is 0 Å². The number of nitrogens with zero attached hydrogens (tertiary/aromatic N) is 1. The van der Waals surface area contributed by atoms with Crippen LogP contribution in [-0.2, 0) is 10.1 Å². The molecular formula is C6H3ClKNO5S. The minimum atomic E-state index is -4.78. The van der Waals surface area contributed by atoms with E-state index >= 15 is 0 Å². The van der Waals surface area contributed by atoms with Gasteiger partial charge in [0.05, 0.1) is 14.8 Å². The summed E-state index contributed by atoms with van der Waals surface area (Å²) >= 11 is 5.38. The van der Waals surface area contributed by atoms with Crippen LogP contribution in [0.4, 0.5) is 5.69 Å². The fourth-order valence-electron chi connectivity index (χ4n) is 0.797. The summed E-state index contributed by atoms with van der Waals surface area (Å²) in [5, 5.41) is 9.93. The Kier molecular flexibility index (Phi) is 5.86. The third kappa shape index (κ3) is 4.08. The van der Waals surface area contributed by atoms with Crippen molar-refractivity contribution in [2.45, 2.75) is 4.90 Å². The van der Waals surface area contributed by atoms with Crippen molar-refractivity contribution in [3.05, 3.63) is 33.3 Å². The second-order valence-electron chi connectivity index (χ2n) is 2.33. The zero-order valence-electron chi connectivity index (χ0n) is 7.51. The van der Waals surface area contributed by atoms with Gasteiger partial charge in [0.2, 0.25) is 0 Å². The van der Waals surface area contributed by atoms with Gasteiger partial charge in [0.1, 0.15) is 10.1 Å². The number of hydrogen-bond donors (Lipinski definition) is 0. The van der Waals surface area contributed by atoms with E-state index in [1.807, 2.05) is 0 Å². The van der Waals surface area contributed by atoms with Gasteiger partial charge < -0.3 is 4.55 Å². The first-order valence-electron chi connectivity index (χ1n) is 3.22. The summed E-state index contributed by atoms with van der Waals surface area (Å²) in [6, 6.07) is 2.63. The molecule has 6 nitrogen and oxygen atoms in total. The summed E-state index contributed by atoms with van der Waals surface area (Å²) in [7, 11) is -4.78. The van der Waals surface area contributed by atoms with Crippen LogP contribution in [0.1, 0.15) is 0 Å². The number of hydrogen-bond acceptors (Lipinski definition) is 5. The van der Waals surface area contributed by atoms with E-state index in [1.54, 1.807) is 0 Å². The van der Waals surface area contributed by atoms with Crippen molar-refractivity contribution in [2.75, 3.05) is 0 Å². The number of benzene rings is 1. The molecule has 0 aromatic heterocycles. The molecule has 1 aromatic rings. The monoisotopic (exact) mass is 275 g/mol. The number of nitro benzene ring substituents is 1. The maximum atomic E-state index is 10.6. The largest absolute Gasteiger partial charge is 1.00 e. The van der Waals surface area contributed by atoms with Gasteiger partial charge in [-0.1, -0.05) is 11.6 Å². The second kappa shape index (κ2) is 5.69. The van der Waals surface area contributed by atoms with Gasteiger partial charge in [-0.05, 0) is 6.07 Å². The summed E-state index contributed by atoms with van der Waals surface area (Å²) in [6.45, 7) is 0. The Bertz CT molecular complexity index is 488. The molecule has 0 bridgehead atoms. The average Bonchev–Trinajstić information content (AvgIpc) is 2.02. The minimum Gasteiger partial charge on any atom is -0.744 e. The van der Waals surface area contributed by atoms with Crippen molar-refractivity contribution in [3.8, 4) is 0 Å². The quantitative estimate of drug-likeness (QED) is 0.273. The predicted octanol–water partition coefficient (Wildman–Crippen LogP) is -1.84. The standard InChI is InChI=1S/C6H4ClNO5S.K/c7-5-2-1-4(8(9)10)3-6(5)14(11,12)13;/h1-3H,(H,11,12,13);/q;+1/p-1. The summed E-state index contributed by atoms with van der Waals surface area (Å²) < 4.78 is 31.7. The van der Waals surface area contributed by atoms with E-state index in [0.717, 1.165) is 12.1 Å². The SMILES string of the molecule is O=[N+]([O-])c1ccc(Cl)c(S(=O)(=O)[O-])c1.[K+]. The predicted molar refractivity (Wildman–Crippen MR) is 46.1 cm³/mol. The third-order valence-electron chi connectivity index (χ3n) is 1.39. The van der Waals surface area contributed by atoms with Crippen molar-refractivity contribution in [1.29, 1.82) is 0 Å². The molecule has 0 aliphatic rings. The smallest absolute Gasteiger partial charge is 0.744 e. The van der Waals surface area contributed by atoms with Crippen LogP contribution in [0.2, 0.25) is 5.02 Å². The van der Waals surface area contributed by atoms with Gasteiger partial charge >= 0.3 is 51.4 Å². The number of non-ortho nitro benzene ring substituents is 1. The molecule has 0 aliphatic heterocycles. The first kappa shape index (κ1) is 15.5. The second-order valence-corrected chi connectivity index (χ2v) is 4.08. The van der Waals surface area contributed by atoms with E-state index in [1.165, 1.54) is 0 Å². The maximum Gasteiger partial charge on any atom is 1.00 e. The van der Waals surface area contributed by atoms with Crippen molar-refractivity contribution in [1.82, 2.24) is 0 Å². The Labute approximate surface area is 133 Å². The molecule has 9 heteroatoms. The average molecular weight is 276 g/mol. The van der Waals surface area contributed by atoms with Crippen LogP contribution >= 0.6 is 11.6 Å². The maximum absolute atomic E-state index is 10.6. The first-order chi connectivity index (χ1) is 6.32. The molecule has 0 unspecified atom stereocenters. The molecule has 0 atom stereocenters. The van der Waals surface area contributed by atoms with E-state index in [9.17, 15) is 23.1 Å². The minimum absolute atomic E-state index is 0. The molecule has 1 aromatic carbocycles. The van der Waals surface area contributed by atoms with E-state index in [2.05, 4.69) is 0 Å². The van der Waals surface area contributed by atoms with E-state index in [4.69, 9.17) is 11.6 Å². The van der Waals surface area contributed by atoms with Gasteiger partial charge in [-0.15, -0.1) is 0 Å². The molecule has 0 saturated heterocycles. The first-order valence-corrected chi connectivity index (χ1v) is 5.01. The summed E-state index contributed by atoms with van der Waals surface area (Å²) in [6.07, 6.45) is 0. The Morgan fingerprint density at radius 2 is 1.87 bits per heavy atom. The molecule has 1 rings (SSSR count). The Morgan fingerprint density at radius 3 is 2.27 bits per heavy atom. The molecule has 0 radical (unpaired) electrons. The molecule has 0 amide bonds. The normalized spacial score (nSPS) is 10.5. The number of nitro groups is 1. The molecule has 0 heterocycles. The van der Waals surface area contributed by atoms with Crippen molar-refractivity contribution >= 4 is 27.4 Å². The van der Waals surface area contributed by atoms with Gasteiger partial charge in [-0.3, -0.25) is 10.1 Å². The molecule has 0 aliphatic carbocycles. The van der Waals surface area contributed by atoms with Crippen LogP contribution in [-0.4, -0.2) is 17.9 Å². The van der Waals surface area contributed by atoms with Gasteiger partial charge in [0.25, 0.3) is 5.69 Å². The van der Waals surface area contributed by atoms with Crippen LogP contribution < -0.4 is 51.4 Å². The van der Waals surface area contributed by atoms with Crippen LogP contribution in [0.25, 0.3) is 0 Å². The summed E-state index contributed by atoms with van der Waals surface area (Å²) in [4.78, 5) is 8.66. The number of halogens is 1. The van der Waals surface area contributed by atoms with E-state index < -0.39 is 25.6 Å². The zero-order valence-corrected chi connectivity index (χ0v) is 12.2. The molecular weight excluding hydrogens is 273 g/mol. The molecule has 0 spiro atoms. The Hall–Kier alpha value is 0.456. The Morgan fingerprint density at radius 1 is 1.33 bits per heavy atom.